The lowest BCUT2D eigenvalue weighted by atomic mass is 10.1. The molecule has 0 fully saturated rings. The molecule has 146 valence electrons. The predicted octanol–water partition coefficient (Wildman–Crippen LogP) is 1.52. The van der Waals surface area contributed by atoms with E-state index < -0.39 is 5.91 Å². The summed E-state index contributed by atoms with van der Waals surface area (Å²) in [5.41, 5.74) is 9.52. The Kier molecular flexibility index (Phi) is 5.63. The first-order valence-electron chi connectivity index (χ1n) is 8.62. The SMILES string of the molecule is CCOc1ccccc1/C=N/NC(=O)c1nnn(-c2nonc2N)c1C(C)C. The summed E-state index contributed by atoms with van der Waals surface area (Å²) >= 11 is 0. The maximum Gasteiger partial charge on any atom is 0.293 e. The highest BCUT2D eigenvalue weighted by Gasteiger charge is 2.25. The van der Waals surface area contributed by atoms with Gasteiger partial charge in [-0.15, -0.1) is 5.10 Å². The quantitative estimate of drug-likeness (QED) is 0.460. The Hall–Kier alpha value is -3.76. The molecule has 2 heterocycles. The van der Waals surface area contributed by atoms with Crippen LogP contribution in [0.2, 0.25) is 0 Å². The number of ether oxygens (including phenoxy) is 1. The molecule has 11 nitrogen and oxygen atoms in total. The van der Waals surface area contributed by atoms with E-state index in [9.17, 15) is 4.79 Å². The summed E-state index contributed by atoms with van der Waals surface area (Å²) < 4.78 is 11.5. The van der Waals surface area contributed by atoms with E-state index in [4.69, 9.17) is 10.5 Å². The molecule has 0 bridgehead atoms. The Morgan fingerprint density at radius 3 is 2.86 bits per heavy atom. The Balaban J connectivity index is 1.82. The third kappa shape index (κ3) is 3.82. The molecule has 0 unspecified atom stereocenters. The number of carbonyl (C=O) groups excluding carboxylic acids is 1. The van der Waals surface area contributed by atoms with Gasteiger partial charge in [0.25, 0.3) is 5.91 Å². The van der Waals surface area contributed by atoms with E-state index in [1.54, 1.807) is 0 Å². The molecule has 0 spiro atoms. The molecule has 0 saturated carbocycles. The van der Waals surface area contributed by atoms with Crippen molar-refractivity contribution in [1.29, 1.82) is 0 Å². The van der Waals surface area contributed by atoms with Crippen molar-refractivity contribution in [2.24, 2.45) is 5.10 Å². The van der Waals surface area contributed by atoms with E-state index in [1.165, 1.54) is 10.9 Å². The second-order valence-corrected chi connectivity index (χ2v) is 6.03. The maximum absolute atomic E-state index is 12.6. The average molecular weight is 384 g/mol. The van der Waals surface area contributed by atoms with Gasteiger partial charge in [-0.3, -0.25) is 4.79 Å². The molecule has 3 aromatic rings. The van der Waals surface area contributed by atoms with Gasteiger partial charge in [-0.2, -0.15) is 9.78 Å². The van der Waals surface area contributed by atoms with Crippen molar-refractivity contribution in [3.05, 3.63) is 41.2 Å². The summed E-state index contributed by atoms with van der Waals surface area (Å²) in [7, 11) is 0. The molecule has 0 aliphatic rings. The fraction of sp³-hybridized carbons (Fsp3) is 0.294. The van der Waals surface area contributed by atoms with Crippen LogP contribution in [0.25, 0.3) is 5.82 Å². The zero-order chi connectivity index (χ0) is 20.1. The molecule has 28 heavy (non-hydrogen) atoms. The monoisotopic (exact) mass is 384 g/mol. The number of carbonyl (C=O) groups is 1. The van der Waals surface area contributed by atoms with Crippen LogP contribution in [0.5, 0.6) is 5.75 Å². The second-order valence-electron chi connectivity index (χ2n) is 6.03. The van der Waals surface area contributed by atoms with E-state index in [0.717, 1.165) is 5.56 Å². The number of nitrogens with two attached hydrogens (primary N) is 1. The first-order valence-corrected chi connectivity index (χ1v) is 8.62. The number of hydrogen-bond acceptors (Lipinski definition) is 9. The Labute approximate surface area is 160 Å². The topological polar surface area (TPSA) is 146 Å². The number of rotatable bonds is 7. The molecular formula is C17H20N8O3. The minimum absolute atomic E-state index is 0.0457. The summed E-state index contributed by atoms with van der Waals surface area (Å²) in [6, 6.07) is 7.37. The standard InChI is InChI=1S/C17H20N8O3/c1-4-27-12-8-6-5-7-11(12)9-19-21-17(26)13-14(10(2)3)25(24-20-13)16-15(18)22-28-23-16/h5-10H,4H2,1-3H3,(H2,18,22)(H,21,26)/b19-9+. The molecule has 11 heteroatoms. The summed E-state index contributed by atoms with van der Waals surface area (Å²) in [5, 5.41) is 19.1. The van der Waals surface area contributed by atoms with Crippen LogP contribution >= 0.6 is 0 Å². The van der Waals surface area contributed by atoms with Gasteiger partial charge in [-0.1, -0.05) is 31.2 Å². The molecular weight excluding hydrogens is 364 g/mol. The molecule has 3 N–H and O–H groups in total. The van der Waals surface area contributed by atoms with Crippen molar-refractivity contribution in [1.82, 2.24) is 30.7 Å². The van der Waals surface area contributed by atoms with Crippen molar-refractivity contribution < 1.29 is 14.2 Å². The lowest BCUT2D eigenvalue weighted by molar-refractivity contribution is 0.0948. The third-order valence-electron chi connectivity index (χ3n) is 3.75. The van der Waals surface area contributed by atoms with Crippen LogP contribution in [0.1, 0.15) is 48.4 Å². The van der Waals surface area contributed by atoms with Gasteiger partial charge in [-0.25, -0.2) is 10.1 Å². The molecule has 0 saturated heterocycles. The van der Waals surface area contributed by atoms with Crippen LogP contribution in [0.15, 0.2) is 34.0 Å². The fourth-order valence-corrected chi connectivity index (χ4v) is 2.55. The summed E-state index contributed by atoms with van der Waals surface area (Å²) in [4.78, 5) is 12.6. The van der Waals surface area contributed by atoms with Crippen LogP contribution in [-0.4, -0.2) is 44.0 Å². The van der Waals surface area contributed by atoms with Crippen LogP contribution < -0.4 is 15.9 Å². The molecule has 2 aromatic heterocycles. The van der Waals surface area contributed by atoms with Gasteiger partial charge in [0.1, 0.15) is 5.75 Å². The van der Waals surface area contributed by atoms with Crippen molar-refractivity contribution >= 4 is 17.9 Å². The zero-order valence-electron chi connectivity index (χ0n) is 15.7. The fourth-order valence-electron chi connectivity index (χ4n) is 2.55. The molecule has 1 amide bonds. The number of nitrogen functional groups attached to an aromatic ring is 1. The largest absolute Gasteiger partial charge is 0.493 e. The molecule has 0 aliphatic heterocycles. The highest BCUT2D eigenvalue weighted by Crippen LogP contribution is 2.22. The smallest absolute Gasteiger partial charge is 0.293 e. The third-order valence-corrected chi connectivity index (χ3v) is 3.75. The number of aromatic nitrogens is 5. The van der Waals surface area contributed by atoms with Gasteiger partial charge >= 0.3 is 0 Å². The number of nitrogens with zero attached hydrogens (tertiary/aromatic N) is 6. The molecule has 0 atom stereocenters. The van der Waals surface area contributed by atoms with E-state index in [0.29, 0.717) is 18.1 Å². The number of para-hydroxylation sites is 1. The summed E-state index contributed by atoms with van der Waals surface area (Å²) in [6.45, 7) is 6.19. The van der Waals surface area contributed by atoms with Crippen LogP contribution in [0.3, 0.4) is 0 Å². The minimum atomic E-state index is -0.518. The number of nitrogens with one attached hydrogen (secondary N) is 1. The zero-order valence-corrected chi connectivity index (χ0v) is 15.7. The molecule has 1 aromatic carbocycles. The number of benzene rings is 1. The van der Waals surface area contributed by atoms with E-state index >= 15 is 0 Å². The minimum Gasteiger partial charge on any atom is -0.493 e. The lowest BCUT2D eigenvalue weighted by Crippen LogP contribution is -2.21. The highest BCUT2D eigenvalue weighted by molar-refractivity contribution is 5.94. The Morgan fingerprint density at radius 2 is 2.18 bits per heavy atom. The second kappa shape index (κ2) is 8.29. The first-order chi connectivity index (χ1) is 13.5. The maximum atomic E-state index is 12.6. The van der Waals surface area contributed by atoms with Crippen LogP contribution in [0.4, 0.5) is 5.82 Å². The van der Waals surface area contributed by atoms with Crippen molar-refractivity contribution in [2.45, 2.75) is 26.7 Å². The van der Waals surface area contributed by atoms with Gasteiger partial charge < -0.3 is 10.5 Å². The molecule has 3 rings (SSSR count). The van der Waals surface area contributed by atoms with E-state index in [1.807, 2.05) is 45.0 Å². The van der Waals surface area contributed by atoms with Gasteiger partial charge in [0.15, 0.2) is 5.69 Å². The lowest BCUT2D eigenvalue weighted by Gasteiger charge is -2.08. The van der Waals surface area contributed by atoms with Crippen LogP contribution in [-0.2, 0) is 0 Å². The van der Waals surface area contributed by atoms with Gasteiger partial charge in [0.05, 0.1) is 18.5 Å². The Bertz CT molecular complexity index is 992. The van der Waals surface area contributed by atoms with Crippen molar-refractivity contribution in [3.63, 3.8) is 0 Å². The first kappa shape index (κ1) is 19.0. The van der Waals surface area contributed by atoms with Gasteiger partial charge in [0, 0.05) is 5.56 Å². The Morgan fingerprint density at radius 1 is 1.39 bits per heavy atom. The number of amides is 1. The van der Waals surface area contributed by atoms with Crippen LogP contribution in [0, 0.1) is 0 Å². The molecule has 0 aliphatic carbocycles. The van der Waals surface area contributed by atoms with Gasteiger partial charge in [-0.05, 0) is 35.3 Å². The summed E-state index contributed by atoms with van der Waals surface area (Å²) in [6.07, 6.45) is 1.50. The number of anilines is 1. The normalized spacial score (nSPS) is 11.3. The van der Waals surface area contributed by atoms with E-state index in [2.05, 4.69) is 35.8 Å². The van der Waals surface area contributed by atoms with E-state index in [-0.39, 0.29) is 23.2 Å². The van der Waals surface area contributed by atoms with Gasteiger partial charge in [0.2, 0.25) is 11.6 Å². The van der Waals surface area contributed by atoms with Crippen molar-refractivity contribution in [2.75, 3.05) is 12.3 Å². The molecule has 0 radical (unpaired) electrons. The predicted molar refractivity (Wildman–Crippen MR) is 100 cm³/mol. The number of hydrogen-bond donors (Lipinski definition) is 2. The van der Waals surface area contributed by atoms with Crippen molar-refractivity contribution in [3.8, 4) is 11.6 Å². The highest BCUT2D eigenvalue weighted by atomic mass is 16.6. The summed E-state index contributed by atoms with van der Waals surface area (Å²) in [5.74, 6) is 0.268. The number of hydrazone groups is 1. The average Bonchev–Trinajstić information content (AvgIpc) is 3.29.